The molecule has 0 atom stereocenters. The van der Waals surface area contributed by atoms with Gasteiger partial charge in [-0.05, 0) is 55.0 Å². The fourth-order valence-electron chi connectivity index (χ4n) is 3.18. The molecular formula is C27H23N5O6S. The lowest BCUT2D eigenvalue weighted by Crippen LogP contribution is -2.32. The highest BCUT2D eigenvalue weighted by atomic mass is 32.1. The maximum Gasteiger partial charge on any atom is 0.343 e. The van der Waals surface area contributed by atoms with E-state index >= 15 is 0 Å². The van der Waals surface area contributed by atoms with Gasteiger partial charge in [0.2, 0.25) is 5.13 Å². The number of nitrogens with one attached hydrogen (secondary N) is 2. The van der Waals surface area contributed by atoms with Crippen molar-refractivity contribution in [3.05, 3.63) is 83.9 Å². The quantitative estimate of drug-likeness (QED) is 0.106. The van der Waals surface area contributed by atoms with Crippen molar-refractivity contribution in [3.8, 4) is 27.8 Å². The molecule has 3 aromatic carbocycles. The number of ether oxygens (including phenoxy) is 3. The molecule has 0 saturated carbocycles. The number of methoxy groups -OCH3 is 1. The number of aromatic nitrogens is 2. The summed E-state index contributed by atoms with van der Waals surface area (Å²) >= 11 is 1.14. The van der Waals surface area contributed by atoms with Gasteiger partial charge in [-0.3, -0.25) is 14.9 Å². The molecule has 198 valence electrons. The van der Waals surface area contributed by atoms with Crippen molar-refractivity contribution >= 4 is 40.5 Å². The summed E-state index contributed by atoms with van der Waals surface area (Å²) in [5.41, 5.74) is 3.87. The number of nitrogens with zero attached hydrogens (tertiary/aromatic N) is 3. The number of rotatable bonds is 9. The fourth-order valence-corrected chi connectivity index (χ4v) is 3.93. The third kappa shape index (κ3) is 7.23. The van der Waals surface area contributed by atoms with Crippen LogP contribution in [0.2, 0.25) is 0 Å². The van der Waals surface area contributed by atoms with Crippen LogP contribution in [0.4, 0.5) is 5.13 Å². The first-order valence-corrected chi connectivity index (χ1v) is 12.4. The van der Waals surface area contributed by atoms with Crippen LogP contribution in [0.15, 0.2) is 77.9 Å². The lowest BCUT2D eigenvalue weighted by molar-refractivity contribution is -0.136. The summed E-state index contributed by atoms with van der Waals surface area (Å²) in [6, 6.07) is 20.6. The minimum Gasteiger partial charge on any atom is -0.497 e. The minimum atomic E-state index is -0.988. The van der Waals surface area contributed by atoms with Gasteiger partial charge in [-0.15, -0.1) is 10.2 Å². The van der Waals surface area contributed by atoms with Crippen LogP contribution in [0.1, 0.15) is 22.8 Å². The fraction of sp³-hybridized carbons (Fsp3) is 0.111. The van der Waals surface area contributed by atoms with E-state index in [2.05, 4.69) is 26.0 Å². The average molecular weight is 546 g/mol. The molecule has 1 heterocycles. The maximum atomic E-state index is 12.5. The Morgan fingerprint density at radius 1 is 0.949 bits per heavy atom. The van der Waals surface area contributed by atoms with E-state index in [4.69, 9.17) is 14.2 Å². The highest BCUT2D eigenvalue weighted by Gasteiger charge is 2.17. The Morgan fingerprint density at radius 2 is 1.72 bits per heavy atom. The minimum absolute atomic E-state index is 0.180. The van der Waals surface area contributed by atoms with Crippen molar-refractivity contribution in [2.45, 2.75) is 6.92 Å². The van der Waals surface area contributed by atoms with Crippen LogP contribution >= 0.6 is 11.3 Å². The zero-order valence-corrected chi connectivity index (χ0v) is 21.7. The predicted octanol–water partition coefficient (Wildman–Crippen LogP) is 3.92. The van der Waals surface area contributed by atoms with Gasteiger partial charge in [0.25, 0.3) is 0 Å². The Kier molecular flexibility index (Phi) is 8.93. The summed E-state index contributed by atoms with van der Waals surface area (Å²) in [4.78, 5) is 36.9. The number of hydrogen-bond donors (Lipinski definition) is 2. The number of benzene rings is 3. The zero-order chi connectivity index (χ0) is 27.6. The Labute approximate surface area is 227 Å². The van der Waals surface area contributed by atoms with Crippen molar-refractivity contribution in [1.82, 2.24) is 15.6 Å². The molecule has 4 aromatic rings. The predicted molar refractivity (Wildman–Crippen MR) is 145 cm³/mol. The van der Waals surface area contributed by atoms with Crippen molar-refractivity contribution in [2.24, 2.45) is 5.10 Å². The molecule has 2 N–H and O–H groups in total. The lowest BCUT2D eigenvalue weighted by Gasteiger charge is -2.11. The van der Waals surface area contributed by atoms with Gasteiger partial charge in [0.15, 0.2) is 11.5 Å². The second-order valence-corrected chi connectivity index (χ2v) is 8.67. The number of esters is 1. The van der Waals surface area contributed by atoms with E-state index in [0.29, 0.717) is 34.2 Å². The second-order valence-electron chi connectivity index (χ2n) is 7.69. The molecule has 4 rings (SSSR count). The van der Waals surface area contributed by atoms with E-state index in [1.165, 1.54) is 13.3 Å². The van der Waals surface area contributed by atoms with Gasteiger partial charge < -0.3 is 14.2 Å². The number of hydrazone groups is 1. The van der Waals surface area contributed by atoms with E-state index in [0.717, 1.165) is 16.9 Å². The molecule has 0 unspecified atom stereocenters. The second kappa shape index (κ2) is 12.9. The average Bonchev–Trinajstić information content (AvgIpc) is 3.43. The molecule has 0 saturated heterocycles. The number of anilines is 1. The third-order valence-corrected chi connectivity index (χ3v) is 5.94. The first kappa shape index (κ1) is 26.9. The zero-order valence-electron chi connectivity index (χ0n) is 20.9. The van der Waals surface area contributed by atoms with E-state index in [-0.39, 0.29) is 10.9 Å². The van der Waals surface area contributed by atoms with Crippen LogP contribution in [-0.4, -0.2) is 47.9 Å². The Balaban J connectivity index is 1.35. The van der Waals surface area contributed by atoms with Crippen molar-refractivity contribution in [1.29, 1.82) is 0 Å². The Bertz CT molecular complexity index is 1490. The first-order chi connectivity index (χ1) is 19.0. The molecule has 0 fully saturated rings. The number of carbonyl (C=O) groups is 3. The summed E-state index contributed by atoms with van der Waals surface area (Å²) in [5, 5.41) is 14.9. The van der Waals surface area contributed by atoms with E-state index in [1.54, 1.807) is 49.4 Å². The first-order valence-electron chi connectivity index (χ1n) is 11.6. The Hall–Kier alpha value is -5.10. The summed E-state index contributed by atoms with van der Waals surface area (Å²) in [6.07, 6.45) is 1.32. The molecule has 0 aliphatic rings. The van der Waals surface area contributed by atoms with Crippen molar-refractivity contribution in [3.63, 3.8) is 0 Å². The van der Waals surface area contributed by atoms with E-state index in [1.807, 2.05) is 30.3 Å². The highest BCUT2D eigenvalue weighted by molar-refractivity contribution is 7.18. The lowest BCUT2D eigenvalue weighted by atomic mass is 10.2. The molecule has 0 bridgehead atoms. The van der Waals surface area contributed by atoms with Crippen LogP contribution in [0.25, 0.3) is 10.6 Å². The van der Waals surface area contributed by atoms with Gasteiger partial charge in [0, 0.05) is 5.56 Å². The largest absolute Gasteiger partial charge is 0.497 e. The number of carbonyl (C=O) groups excluding carboxylic acids is 3. The van der Waals surface area contributed by atoms with Crippen molar-refractivity contribution in [2.75, 3.05) is 19.0 Å². The molecule has 0 aliphatic carbocycles. The van der Waals surface area contributed by atoms with Crippen LogP contribution in [0.5, 0.6) is 17.2 Å². The van der Waals surface area contributed by atoms with Gasteiger partial charge in [-0.2, -0.15) is 5.10 Å². The van der Waals surface area contributed by atoms with Crippen LogP contribution in [0, 0.1) is 0 Å². The third-order valence-electron chi connectivity index (χ3n) is 5.05. The summed E-state index contributed by atoms with van der Waals surface area (Å²) in [7, 11) is 1.54. The molecular weight excluding hydrogens is 522 g/mol. The standard InChI is InChI=1S/C27H23N5O6S/c1-3-37-22-15-17(9-14-21(22)38-26(35)19-10-12-20(36-2)13-11-19)16-28-30-24(34)23(33)29-27-32-31-25(39-27)18-7-5-4-6-8-18/h4-16H,3H2,1-2H3,(H,30,34)(H,29,32,33)/b28-16-. The molecule has 12 heteroatoms. The van der Waals surface area contributed by atoms with Gasteiger partial charge in [-0.25, -0.2) is 10.2 Å². The molecule has 39 heavy (non-hydrogen) atoms. The summed E-state index contributed by atoms with van der Waals surface area (Å²) in [6.45, 7) is 2.11. The van der Waals surface area contributed by atoms with E-state index < -0.39 is 17.8 Å². The van der Waals surface area contributed by atoms with Crippen molar-refractivity contribution < 1.29 is 28.6 Å². The molecule has 0 radical (unpaired) electrons. The normalized spacial score (nSPS) is 10.6. The van der Waals surface area contributed by atoms with Gasteiger partial charge in [0.1, 0.15) is 10.8 Å². The van der Waals surface area contributed by atoms with Crippen LogP contribution in [0.3, 0.4) is 0 Å². The van der Waals surface area contributed by atoms with Gasteiger partial charge in [-0.1, -0.05) is 41.7 Å². The van der Waals surface area contributed by atoms with Crippen LogP contribution < -0.4 is 25.0 Å². The molecule has 0 spiro atoms. The molecule has 11 nitrogen and oxygen atoms in total. The number of amides is 2. The number of hydrogen-bond acceptors (Lipinski definition) is 10. The smallest absolute Gasteiger partial charge is 0.343 e. The van der Waals surface area contributed by atoms with Gasteiger partial charge in [0.05, 0.1) is 25.5 Å². The Morgan fingerprint density at radius 3 is 2.44 bits per heavy atom. The monoisotopic (exact) mass is 545 g/mol. The summed E-state index contributed by atoms with van der Waals surface area (Å²) < 4.78 is 16.2. The summed E-state index contributed by atoms with van der Waals surface area (Å²) in [5.74, 6) is -1.36. The topological polar surface area (TPSA) is 141 Å². The van der Waals surface area contributed by atoms with E-state index in [9.17, 15) is 14.4 Å². The maximum absolute atomic E-state index is 12.5. The highest BCUT2D eigenvalue weighted by Crippen LogP contribution is 2.29. The molecule has 2 amide bonds. The van der Waals surface area contributed by atoms with Gasteiger partial charge >= 0.3 is 17.8 Å². The van der Waals surface area contributed by atoms with Crippen LogP contribution in [-0.2, 0) is 9.59 Å². The molecule has 0 aliphatic heterocycles. The molecule has 1 aromatic heterocycles. The SMILES string of the molecule is CCOc1cc(/C=N\NC(=O)C(=O)Nc2nnc(-c3ccccc3)s2)ccc1OC(=O)c1ccc(OC)cc1.